The van der Waals surface area contributed by atoms with Crippen molar-refractivity contribution in [1.29, 1.82) is 0 Å². The summed E-state index contributed by atoms with van der Waals surface area (Å²) in [6.45, 7) is -0.0547. The number of rotatable bonds is 5. The third kappa shape index (κ3) is 2.69. The van der Waals surface area contributed by atoms with Gasteiger partial charge in [-0.1, -0.05) is 0 Å². The van der Waals surface area contributed by atoms with Gasteiger partial charge in [-0.25, -0.2) is 4.79 Å². The van der Waals surface area contributed by atoms with Gasteiger partial charge in [0.15, 0.2) is 6.04 Å². The van der Waals surface area contributed by atoms with E-state index in [-0.39, 0.29) is 12.5 Å². The van der Waals surface area contributed by atoms with Crippen LogP contribution in [0.4, 0.5) is 0 Å². The molecule has 2 aromatic rings. The molecule has 5 nitrogen and oxygen atoms in total. The van der Waals surface area contributed by atoms with Crippen molar-refractivity contribution in [2.45, 2.75) is 6.04 Å². The summed E-state index contributed by atoms with van der Waals surface area (Å²) < 4.78 is 6.82. The molecule has 0 spiro atoms. The van der Waals surface area contributed by atoms with Crippen molar-refractivity contribution in [3.05, 3.63) is 22.4 Å². The van der Waals surface area contributed by atoms with Crippen LogP contribution in [-0.2, 0) is 9.53 Å². The molecule has 0 fully saturated rings. The SMILES string of the molecule is COCC(NC(=O)c1cc2sccc2s1)C(=O)O. The van der Waals surface area contributed by atoms with Gasteiger partial charge < -0.3 is 15.2 Å². The second-order valence-electron chi connectivity index (χ2n) is 3.58. The van der Waals surface area contributed by atoms with E-state index in [1.165, 1.54) is 18.4 Å². The molecule has 2 aromatic heterocycles. The van der Waals surface area contributed by atoms with E-state index in [2.05, 4.69) is 5.32 Å². The number of amides is 1. The Bertz CT molecular complexity index is 546. The van der Waals surface area contributed by atoms with Crippen LogP contribution < -0.4 is 5.32 Å². The molecule has 18 heavy (non-hydrogen) atoms. The first-order valence-electron chi connectivity index (χ1n) is 5.11. The number of fused-ring (bicyclic) bond motifs is 1. The van der Waals surface area contributed by atoms with E-state index in [1.807, 2.05) is 11.4 Å². The Morgan fingerprint density at radius 1 is 1.50 bits per heavy atom. The number of hydrogen-bond acceptors (Lipinski definition) is 5. The molecule has 0 aliphatic heterocycles. The maximum atomic E-state index is 11.9. The van der Waals surface area contributed by atoms with Crippen LogP contribution in [0, 0.1) is 0 Å². The van der Waals surface area contributed by atoms with Gasteiger partial charge in [-0.2, -0.15) is 0 Å². The topological polar surface area (TPSA) is 75.6 Å². The lowest BCUT2D eigenvalue weighted by atomic mass is 10.3. The van der Waals surface area contributed by atoms with Crippen molar-refractivity contribution in [2.24, 2.45) is 0 Å². The summed E-state index contributed by atoms with van der Waals surface area (Å²) in [6, 6.07) is 2.68. The monoisotopic (exact) mass is 285 g/mol. The lowest BCUT2D eigenvalue weighted by molar-refractivity contribution is -0.140. The quantitative estimate of drug-likeness (QED) is 0.878. The molecule has 0 aliphatic rings. The van der Waals surface area contributed by atoms with Gasteiger partial charge in [-0.3, -0.25) is 4.79 Å². The molecule has 96 valence electrons. The highest BCUT2D eigenvalue weighted by molar-refractivity contribution is 7.27. The summed E-state index contributed by atoms with van der Waals surface area (Å²) in [5.74, 6) is -1.49. The first-order valence-corrected chi connectivity index (χ1v) is 6.81. The van der Waals surface area contributed by atoms with E-state index in [0.717, 1.165) is 9.40 Å². The van der Waals surface area contributed by atoms with Gasteiger partial charge in [-0.05, 0) is 17.5 Å². The molecule has 1 atom stereocenters. The maximum absolute atomic E-state index is 11.9. The first kappa shape index (κ1) is 13.0. The number of thiophene rings is 2. The normalized spacial score (nSPS) is 12.5. The van der Waals surface area contributed by atoms with E-state index in [1.54, 1.807) is 17.4 Å². The molecule has 1 unspecified atom stereocenters. The number of ether oxygens (including phenoxy) is 1. The number of carboxylic acids is 1. The Labute approximate surface area is 111 Å². The minimum atomic E-state index is -1.11. The molecule has 0 saturated heterocycles. The Morgan fingerprint density at radius 2 is 2.28 bits per heavy atom. The lowest BCUT2D eigenvalue weighted by Gasteiger charge is -2.12. The number of carbonyl (C=O) groups excluding carboxylic acids is 1. The van der Waals surface area contributed by atoms with Gasteiger partial charge in [0.1, 0.15) is 0 Å². The van der Waals surface area contributed by atoms with E-state index >= 15 is 0 Å². The molecule has 2 heterocycles. The summed E-state index contributed by atoms with van der Waals surface area (Å²) in [7, 11) is 1.39. The number of carboxylic acid groups (broad SMARTS) is 1. The van der Waals surface area contributed by atoms with Crippen LogP contribution in [0.2, 0.25) is 0 Å². The second kappa shape index (κ2) is 5.47. The smallest absolute Gasteiger partial charge is 0.328 e. The van der Waals surface area contributed by atoms with E-state index < -0.39 is 12.0 Å². The van der Waals surface area contributed by atoms with Gasteiger partial charge in [0.25, 0.3) is 5.91 Å². The number of carbonyl (C=O) groups is 2. The van der Waals surface area contributed by atoms with Gasteiger partial charge in [0, 0.05) is 16.5 Å². The van der Waals surface area contributed by atoms with Gasteiger partial charge in [0.05, 0.1) is 11.5 Å². The fourth-order valence-electron chi connectivity index (χ4n) is 1.45. The molecule has 2 rings (SSSR count). The van der Waals surface area contributed by atoms with Gasteiger partial charge >= 0.3 is 5.97 Å². The molecule has 0 radical (unpaired) electrons. The van der Waals surface area contributed by atoms with Crippen LogP contribution in [0.3, 0.4) is 0 Å². The van der Waals surface area contributed by atoms with Gasteiger partial charge in [-0.15, -0.1) is 22.7 Å². The predicted octanol–water partition coefficient (Wildman–Crippen LogP) is 1.79. The van der Waals surface area contributed by atoms with Crippen LogP contribution in [-0.4, -0.2) is 36.7 Å². The maximum Gasteiger partial charge on any atom is 0.328 e. The van der Waals surface area contributed by atoms with Gasteiger partial charge in [0.2, 0.25) is 0 Å². The zero-order valence-corrected chi connectivity index (χ0v) is 11.1. The zero-order chi connectivity index (χ0) is 13.1. The zero-order valence-electron chi connectivity index (χ0n) is 9.50. The minimum Gasteiger partial charge on any atom is -0.480 e. The summed E-state index contributed by atoms with van der Waals surface area (Å²) in [4.78, 5) is 23.3. The Balaban J connectivity index is 2.11. The van der Waals surface area contributed by atoms with Crippen molar-refractivity contribution in [1.82, 2.24) is 5.32 Å². The largest absolute Gasteiger partial charge is 0.480 e. The van der Waals surface area contributed by atoms with E-state index in [4.69, 9.17) is 9.84 Å². The fourth-order valence-corrected chi connectivity index (χ4v) is 3.46. The van der Waals surface area contributed by atoms with Crippen LogP contribution in [0.5, 0.6) is 0 Å². The average Bonchev–Trinajstić information content (AvgIpc) is 2.87. The van der Waals surface area contributed by atoms with Crippen molar-refractivity contribution in [3.8, 4) is 0 Å². The number of aliphatic carboxylic acids is 1. The second-order valence-corrected chi connectivity index (χ2v) is 5.61. The molecular formula is C11H11NO4S2. The third-order valence-corrected chi connectivity index (χ3v) is 4.39. The number of methoxy groups -OCH3 is 1. The summed E-state index contributed by atoms with van der Waals surface area (Å²) in [6.07, 6.45) is 0. The predicted molar refractivity (Wildman–Crippen MR) is 70.5 cm³/mol. The summed E-state index contributed by atoms with van der Waals surface area (Å²) in [5, 5.41) is 13.3. The number of hydrogen-bond donors (Lipinski definition) is 2. The molecule has 2 N–H and O–H groups in total. The Hall–Kier alpha value is -1.44. The average molecular weight is 285 g/mol. The summed E-state index contributed by atoms with van der Waals surface area (Å²) >= 11 is 2.90. The van der Waals surface area contributed by atoms with Crippen molar-refractivity contribution in [3.63, 3.8) is 0 Å². The van der Waals surface area contributed by atoms with Crippen molar-refractivity contribution < 1.29 is 19.4 Å². The van der Waals surface area contributed by atoms with Crippen LogP contribution in [0.15, 0.2) is 17.5 Å². The lowest BCUT2D eigenvalue weighted by Crippen LogP contribution is -2.43. The highest BCUT2D eigenvalue weighted by Gasteiger charge is 2.21. The fraction of sp³-hybridized carbons (Fsp3) is 0.273. The van der Waals surface area contributed by atoms with Crippen LogP contribution in [0.25, 0.3) is 9.40 Å². The number of nitrogens with one attached hydrogen (secondary N) is 1. The van der Waals surface area contributed by atoms with Crippen molar-refractivity contribution >= 4 is 43.9 Å². The van der Waals surface area contributed by atoms with Crippen LogP contribution >= 0.6 is 22.7 Å². The molecule has 0 aromatic carbocycles. The highest BCUT2D eigenvalue weighted by atomic mass is 32.1. The third-order valence-electron chi connectivity index (χ3n) is 2.30. The molecular weight excluding hydrogens is 274 g/mol. The van der Waals surface area contributed by atoms with E-state index in [0.29, 0.717) is 4.88 Å². The van der Waals surface area contributed by atoms with Crippen LogP contribution in [0.1, 0.15) is 9.67 Å². The molecule has 1 amide bonds. The standard InChI is InChI=1S/C11H11NO4S2/c1-16-5-6(11(14)15)12-10(13)9-4-8-7(18-9)2-3-17-8/h2-4,6H,5H2,1H3,(H,12,13)(H,14,15). The Morgan fingerprint density at radius 3 is 2.89 bits per heavy atom. The Kier molecular flexibility index (Phi) is 3.95. The molecule has 0 aliphatic carbocycles. The highest BCUT2D eigenvalue weighted by Crippen LogP contribution is 2.29. The summed E-state index contributed by atoms with van der Waals surface area (Å²) in [5.41, 5.74) is 0. The first-order chi connectivity index (χ1) is 8.61. The van der Waals surface area contributed by atoms with E-state index in [9.17, 15) is 9.59 Å². The minimum absolute atomic E-state index is 0.0547. The van der Waals surface area contributed by atoms with Crippen molar-refractivity contribution in [2.75, 3.05) is 13.7 Å². The molecule has 7 heteroatoms. The molecule has 0 bridgehead atoms. The molecule has 0 saturated carbocycles.